The third-order valence-corrected chi connectivity index (χ3v) is 3.63. The van der Waals surface area contributed by atoms with Gasteiger partial charge in [0.05, 0.1) is 18.8 Å². The number of carboxylic acids is 1. The Morgan fingerprint density at radius 2 is 1.43 bits per heavy atom. The van der Waals surface area contributed by atoms with Crippen LogP contribution in [0.2, 0.25) is 0 Å². The molecule has 13 heteroatoms. The van der Waals surface area contributed by atoms with Crippen molar-refractivity contribution in [3.63, 3.8) is 0 Å². The van der Waals surface area contributed by atoms with Gasteiger partial charge in [-0.15, -0.1) is 0 Å². The number of amides is 4. The first-order valence-electron chi connectivity index (χ1n) is 8.38. The van der Waals surface area contributed by atoms with Crippen LogP contribution in [-0.4, -0.2) is 81.8 Å². The minimum absolute atomic E-state index is 0.281. The Hall–Kier alpha value is -2.77. The van der Waals surface area contributed by atoms with Crippen LogP contribution >= 0.6 is 0 Å². The van der Waals surface area contributed by atoms with Crippen LogP contribution in [0.3, 0.4) is 0 Å². The van der Waals surface area contributed by atoms with Gasteiger partial charge in [-0.3, -0.25) is 19.2 Å². The van der Waals surface area contributed by atoms with Crippen molar-refractivity contribution in [3.05, 3.63) is 0 Å². The lowest BCUT2D eigenvalue weighted by Gasteiger charge is -2.26. The minimum atomic E-state index is -1.66. The van der Waals surface area contributed by atoms with Crippen molar-refractivity contribution in [2.24, 2.45) is 11.5 Å². The van der Waals surface area contributed by atoms with E-state index in [1.165, 1.54) is 6.92 Å². The number of carbonyl (C=O) groups excluding carboxylic acids is 4. The van der Waals surface area contributed by atoms with Gasteiger partial charge in [-0.25, -0.2) is 4.79 Å². The first-order valence-corrected chi connectivity index (χ1v) is 8.38. The third-order valence-electron chi connectivity index (χ3n) is 3.63. The number of hydrogen-bond acceptors (Lipinski definition) is 8. The van der Waals surface area contributed by atoms with Gasteiger partial charge in [0, 0.05) is 6.42 Å². The Labute approximate surface area is 160 Å². The van der Waals surface area contributed by atoms with Crippen molar-refractivity contribution >= 4 is 29.6 Å². The number of rotatable bonds is 12. The van der Waals surface area contributed by atoms with E-state index in [-0.39, 0.29) is 12.8 Å². The number of carboxylic acid groups (broad SMARTS) is 1. The first-order chi connectivity index (χ1) is 12.9. The summed E-state index contributed by atoms with van der Waals surface area (Å²) in [5.74, 6) is -5.00. The van der Waals surface area contributed by atoms with Gasteiger partial charge in [0.1, 0.15) is 12.1 Å². The predicted molar refractivity (Wildman–Crippen MR) is 94.3 cm³/mol. The highest BCUT2D eigenvalue weighted by Crippen LogP contribution is 2.03. The molecule has 0 aliphatic rings. The second-order valence-electron chi connectivity index (χ2n) is 6.12. The number of primary amides is 1. The fourth-order valence-electron chi connectivity index (χ4n) is 2.10. The zero-order valence-corrected chi connectivity index (χ0v) is 15.5. The van der Waals surface area contributed by atoms with Crippen molar-refractivity contribution in [2.45, 2.75) is 57.0 Å². The zero-order valence-electron chi connectivity index (χ0n) is 15.5. The quantitative estimate of drug-likeness (QED) is 0.156. The van der Waals surface area contributed by atoms with Gasteiger partial charge in [0.2, 0.25) is 23.6 Å². The Balaban J connectivity index is 5.38. The monoisotopic (exact) mass is 405 g/mol. The lowest BCUT2D eigenvalue weighted by atomic mass is 10.1. The van der Waals surface area contributed by atoms with E-state index in [0.717, 1.165) is 6.92 Å². The van der Waals surface area contributed by atoms with Crippen molar-refractivity contribution in [3.8, 4) is 0 Å². The minimum Gasteiger partial charge on any atom is -0.480 e. The summed E-state index contributed by atoms with van der Waals surface area (Å²) < 4.78 is 0. The molecule has 0 heterocycles. The van der Waals surface area contributed by atoms with E-state index in [2.05, 4.69) is 10.6 Å². The molecule has 0 bridgehead atoms. The molecule has 0 saturated carbocycles. The summed E-state index contributed by atoms with van der Waals surface area (Å²) in [6.07, 6.45) is -3.39. The van der Waals surface area contributed by atoms with Gasteiger partial charge in [-0.2, -0.15) is 0 Å². The molecule has 0 fully saturated rings. The maximum absolute atomic E-state index is 12.4. The molecule has 0 aliphatic heterocycles. The zero-order chi connectivity index (χ0) is 22.0. The Morgan fingerprint density at radius 3 is 1.82 bits per heavy atom. The SMILES string of the molecule is CC(O)C(NC(=O)C(CCC(N)=O)NC(=O)C(NC(=O)CN)C(C)O)C(=O)O. The molecule has 0 aromatic rings. The van der Waals surface area contributed by atoms with Gasteiger partial charge in [-0.1, -0.05) is 0 Å². The molecule has 13 nitrogen and oxygen atoms in total. The molecule has 4 amide bonds. The summed E-state index contributed by atoms with van der Waals surface area (Å²) in [5.41, 5.74) is 10.2. The van der Waals surface area contributed by atoms with Crippen LogP contribution in [0.5, 0.6) is 0 Å². The molecule has 0 aromatic heterocycles. The highest BCUT2D eigenvalue weighted by molar-refractivity contribution is 5.94. The molecular formula is C15H27N5O8. The van der Waals surface area contributed by atoms with E-state index in [9.17, 15) is 34.2 Å². The molecule has 0 spiro atoms. The van der Waals surface area contributed by atoms with Gasteiger partial charge in [0.25, 0.3) is 0 Å². The van der Waals surface area contributed by atoms with Crippen LogP contribution in [0.1, 0.15) is 26.7 Å². The number of aliphatic hydroxyl groups is 2. The van der Waals surface area contributed by atoms with E-state index in [4.69, 9.17) is 16.6 Å². The molecule has 5 unspecified atom stereocenters. The van der Waals surface area contributed by atoms with Crippen molar-refractivity contribution in [2.75, 3.05) is 6.54 Å². The van der Waals surface area contributed by atoms with E-state index in [1.807, 2.05) is 5.32 Å². The summed E-state index contributed by atoms with van der Waals surface area (Å²) in [5, 5.41) is 34.6. The molecule has 10 N–H and O–H groups in total. The van der Waals surface area contributed by atoms with Gasteiger partial charge < -0.3 is 42.7 Å². The van der Waals surface area contributed by atoms with Crippen LogP contribution in [0, 0.1) is 0 Å². The standard InChI is InChI=1S/C15H27N5O8/c1-6(21)11(19-10(24)5-16)14(26)18-8(3-4-9(17)23)13(25)20-12(7(2)22)15(27)28/h6-8,11-12,21-22H,3-5,16H2,1-2H3,(H2,17,23)(H,18,26)(H,19,24)(H,20,25)(H,27,28). The van der Waals surface area contributed by atoms with Crippen LogP contribution in [0.25, 0.3) is 0 Å². The van der Waals surface area contributed by atoms with E-state index >= 15 is 0 Å². The molecule has 0 radical (unpaired) electrons. The van der Waals surface area contributed by atoms with Gasteiger partial charge in [-0.05, 0) is 20.3 Å². The first kappa shape index (κ1) is 25.2. The van der Waals surface area contributed by atoms with Crippen molar-refractivity contribution < 1.29 is 39.3 Å². The van der Waals surface area contributed by atoms with E-state index in [0.29, 0.717) is 0 Å². The average Bonchev–Trinajstić information content (AvgIpc) is 2.59. The highest BCUT2D eigenvalue weighted by atomic mass is 16.4. The molecule has 28 heavy (non-hydrogen) atoms. The number of aliphatic carboxylic acids is 1. The topological polar surface area (TPSA) is 234 Å². The van der Waals surface area contributed by atoms with Crippen molar-refractivity contribution in [1.82, 2.24) is 16.0 Å². The van der Waals surface area contributed by atoms with Crippen LogP contribution < -0.4 is 27.4 Å². The fourth-order valence-corrected chi connectivity index (χ4v) is 2.10. The van der Waals surface area contributed by atoms with Gasteiger partial charge in [0.15, 0.2) is 6.04 Å². The second-order valence-corrected chi connectivity index (χ2v) is 6.12. The van der Waals surface area contributed by atoms with Crippen LogP contribution in [0.4, 0.5) is 0 Å². The number of nitrogens with one attached hydrogen (secondary N) is 3. The Bertz CT molecular complexity index is 595. The number of nitrogens with two attached hydrogens (primary N) is 2. The summed E-state index contributed by atoms with van der Waals surface area (Å²) >= 11 is 0. The molecule has 5 atom stereocenters. The maximum Gasteiger partial charge on any atom is 0.328 e. The number of aliphatic hydroxyl groups excluding tert-OH is 2. The number of carbonyl (C=O) groups is 5. The second kappa shape index (κ2) is 11.8. The Morgan fingerprint density at radius 1 is 0.893 bits per heavy atom. The van der Waals surface area contributed by atoms with Crippen molar-refractivity contribution in [1.29, 1.82) is 0 Å². The van der Waals surface area contributed by atoms with Gasteiger partial charge >= 0.3 is 5.97 Å². The molecule has 160 valence electrons. The summed E-state index contributed by atoms with van der Waals surface area (Å²) in [7, 11) is 0. The lowest BCUT2D eigenvalue weighted by molar-refractivity contribution is -0.145. The predicted octanol–water partition coefficient (Wildman–Crippen LogP) is -4.49. The lowest BCUT2D eigenvalue weighted by Crippen LogP contribution is -2.59. The van der Waals surface area contributed by atoms with E-state index in [1.54, 1.807) is 0 Å². The highest BCUT2D eigenvalue weighted by Gasteiger charge is 2.32. The largest absolute Gasteiger partial charge is 0.480 e. The summed E-state index contributed by atoms with van der Waals surface area (Å²) in [6, 6.07) is -4.53. The molecule has 0 aliphatic carbocycles. The van der Waals surface area contributed by atoms with Crippen LogP contribution in [-0.2, 0) is 24.0 Å². The average molecular weight is 405 g/mol. The fraction of sp³-hybridized carbons (Fsp3) is 0.667. The maximum atomic E-state index is 12.4. The summed E-state index contributed by atoms with van der Waals surface area (Å²) in [6.45, 7) is 1.91. The smallest absolute Gasteiger partial charge is 0.328 e. The molecular weight excluding hydrogens is 378 g/mol. The van der Waals surface area contributed by atoms with E-state index < -0.39 is 66.5 Å². The molecule has 0 rings (SSSR count). The normalized spacial score (nSPS) is 16.0. The number of hydrogen-bond donors (Lipinski definition) is 8. The molecule has 0 aromatic carbocycles. The summed E-state index contributed by atoms with van der Waals surface area (Å²) in [4.78, 5) is 58.2. The third kappa shape index (κ3) is 8.75. The van der Waals surface area contributed by atoms with Crippen LogP contribution in [0.15, 0.2) is 0 Å². The Kier molecular flexibility index (Phi) is 10.7. The molecule has 0 saturated heterocycles.